The van der Waals surface area contributed by atoms with Gasteiger partial charge in [0.25, 0.3) is 5.91 Å². The lowest BCUT2D eigenvalue weighted by Gasteiger charge is -2.20. The standard InChI is InChI=1S/C17H23NO2/c1-6-7-13(2)10-11-18(20-5)17(19)16-9-8-14(3)15(4)12-16/h6-9,12H,1,10-11H2,2-5H3/b13-7+. The van der Waals surface area contributed by atoms with Crippen molar-refractivity contribution in [2.24, 2.45) is 0 Å². The third kappa shape index (κ3) is 4.35. The monoisotopic (exact) mass is 273 g/mol. The first kappa shape index (κ1) is 16.2. The van der Waals surface area contributed by atoms with Gasteiger partial charge >= 0.3 is 0 Å². The highest BCUT2D eigenvalue weighted by Crippen LogP contribution is 2.13. The Labute approximate surface area is 121 Å². The van der Waals surface area contributed by atoms with E-state index < -0.39 is 0 Å². The van der Waals surface area contributed by atoms with Crippen LogP contribution in [-0.2, 0) is 4.84 Å². The predicted molar refractivity (Wildman–Crippen MR) is 82.5 cm³/mol. The Hall–Kier alpha value is -1.87. The SMILES string of the molecule is C=C/C=C(\C)CCN(OC)C(=O)c1ccc(C)c(C)c1. The maximum Gasteiger partial charge on any atom is 0.277 e. The topological polar surface area (TPSA) is 29.5 Å². The average Bonchev–Trinajstić information content (AvgIpc) is 2.42. The zero-order valence-corrected chi connectivity index (χ0v) is 12.8. The third-order valence-corrected chi connectivity index (χ3v) is 3.31. The number of carbonyl (C=O) groups excluding carboxylic acids is 1. The number of hydroxylamine groups is 2. The third-order valence-electron chi connectivity index (χ3n) is 3.31. The molecule has 1 aromatic carbocycles. The van der Waals surface area contributed by atoms with Crippen LogP contribution in [0.1, 0.15) is 34.8 Å². The molecule has 0 heterocycles. The molecule has 0 atom stereocenters. The van der Waals surface area contributed by atoms with Crippen molar-refractivity contribution in [3.05, 3.63) is 59.2 Å². The lowest BCUT2D eigenvalue weighted by molar-refractivity contribution is -0.0942. The Morgan fingerprint density at radius 3 is 2.60 bits per heavy atom. The zero-order chi connectivity index (χ0) is 15.1. The molecular weight excluding hydrogens is 250 g/mol. The molecule has 1 rings (SSSR count). The molecule has 0 aliphatic rings. The second-order valence-corrected chi connectivity index (χ2v) is 4.89. The summed E-state index contributed by atoms with van der Waals surface area (Å²) in [6, 6.07) is 5.69. The number of benzene rings is 1. The highest BCUT2D eigenvalue weighted by atomic mass is 16.7. The Balaban J connectivity index is 2.78. The van der Waals surface area contributed by atoms with Crippen LogP contribution in [0.4, 0.5) is 0 Å². The van der Waals surface area contributed by atoms with E-state index in [0.717, 1.165) is 17.6 Å². The normalized spacial score (nSPS) is 11.3. The summed E-state index contributed by atoms with van der Waals surface area (Å²) in [5.74, 6) is -0.109. The minimum Gasteiger partial charge on any atom is -0.274 e. The zero-order valence-electron chi connectivity index (χ0n) is 12.8. The number of carbonyl (C=O) groups is 1. The second kappa shape index (κ2) is 7.65. The number of hydrogen-bond donors (Lipinski definition) is 0. The molecule has 0 unspecified atom stereocenters. The van der Waals surface area contributed by atoms with Gasteiger partial charge in [-0.1, -0.05) is 30.4 Å². The van der Waals surface area contributed by atoms with Crippen molar-refractivity contribution in [1.29, 1.82) is 0 Å². The van der Waals surface area contributed by atoms with Crippen molar-refractivity contribution in [1.82, 2.24) is 5.06 Å². The molecule has 0 aromatic heterocycles. The van der Waals surface area contributed by atoms with Gasteiger partial charge in [0.1, 0.15) is 0 Å². The maximum atomic E-state index is 12.4. The second-order valence-electron chi connectivity index (χ2n) is 4.89. The molecule has 20 heavy (non-hydrogen) atoms. The minimum atomic E-state index is -0.109. The van der Waals surface area contributed by atoms with E-state index in [0.29, 0.717) is 12.1 Å². The molecule has 0 aliphatic heterocycles. The molecule has 0 fully saturated rings. The van der Waals surface area contributed by atoms with Crippen molar-refractivity contribution < 1.29 is 9.63 Å². The van der Waals surface area contributed by atoms with Gasteiger partial charge in [-0.3, -0.25) is 9.63 Å². The van der Waals surface area contributed by atoms with E-state index in [2.05, 4.69) is 6.58 Å². The van der Waals surface area contributed by atoms with Crippen LogP contribution in [0.5, 0.6) is 0 Å². The Morgan fingerprint density at radius 2 is 2.05 bits per heavy atom. The first-order valence-corrected chi connectivity index (χ1v) is 6.71. The summed E-state index contributed by atoms with van der Waals surface area (Å²) in [6.07, 6.45) is 4.45. The van der Waals surface area contributed by atoms with Crippen molar-refractivity contribution in [2.45, 2.75) is 27.2 Å². The number of aryl methyl sites for hydroxylation is 2. The fourth-order valence-electron chi connectivity index (χ4n) is 1.86. The van der Waals surface area contributed by atoms with E-state index in [-0.39, 0.29) is 5.91 Å². The van der Waals surface area contributed by atoms with Crippen LogP contribution in [0.2, 0.25) is 0 Å². The van der Waals surface area contributed by atoms with E-state index in [1.165, 1.54) is 17.7 Å². The maximum absolute atomic E-state index is 12.4. The van der Waals surface area contributed by atoms with Gasteiger partial charge in [0, 0.05) is 5.56 Å². The fourth-order valence-corrected chi connectivity index (χ4v) is 1.86. The number of rotatable bonds is 6. The summed E-state index contributed by atoms with van der Waals surface area (Å²) in [4.78, 5) is 17.6. The van der Waals surface area contributed by atoms with Crippen LogP contribution < -0.4 is 0 Å². The van der Waals surface area contributed by atoms with E-state index in [4.69, 9.17) is 4.84 Å². The van der Waals surface area contributed by atoms with Crippen molar-refractivity contribution in [3.63, 3.8) is 0 Å². The summed E-state index contributed by atoms with van der Waals surface area (Å²) >= 11 is 0. The van der Waals surface area contributed by atoms with Crippen molar-refractivity contribution in [3.8, 4) is 0 Å². The van der Waals surface area contributed by atoms with Gasteiger partial charge in [0.15, 0.2) is 0 Å². The molecule has 0 saturated heterocycles. The summed E-state index contributed by atoms with van der Waals surface area (Å²) < 4.78 is 0. The molecule has 0 saturated carbocycles. The van der Waals surface area contributed by atoms with Crippen LogP contribution in [0.25, 0.3) is 0 Å². The molecule has 0 aliphatic carbocycles. The molecule has 3 heteroatoms. The lowest BCUT2D eigenvalue weighted by atomic mass is 10.1. The van der Waals surface area contributed by atoms with Gasteiger partial charge in [-0.2, -0.15) is 0 Å². The van der Waals surface area contributed by atoms with Crippen LogP contribution in [0, 0.1) is 13.8 Å². The smallest absolute Gasteiger partial charge is 0.274 e. The molecule has 0 spiro atoms. The molecule has 3 nitrogen and oxygen atoms in total. The Morgan fingerprint density at radius 1 is 1.35 bits per heavy atom. The predicted octanol–water partition coefficient (Wildman–Crippen LogP) is 3.83. The summed E-state index contributed by atoms with van der Waals surface area (Å²) in [5.41, 5.74) is 4.10. The summed E-state index contributed by atoms with van der Waals surface area (Å²) in [5, 5.41) is 1.39. The van der Waals surface area contributed by atoms with Gasteiger partial charge < -0.3 is 0 Å². The molecule has 1 aromatic rings. The first-order valence-electron chi connectivity index (χ1n) is 6.71. The van der Waals surface area contributed by atoms with Crippen LogP contribution in [0.3, 0.4) is 0 Å². The quantitative estimate of drug-likeness (QED) is 0.582. The number of amides is 1. The van der Waals surface area contributed by atoms with Crippen molar-refractivity contribution in [2.75, 3.05) is 13.7 Å². The molecule has 0 N–H and O–H groups in total. The summed E-state index contributed by atoms with van der Waals surface area (Å²) in [7, 11) is 1.52. The highest BCUT2D eigenvalue weighted by molar-refractivity contribution is 5.93. The van der Waals surface area contributed by atoms with Gasteiger partial charge in [-0.25, -0.2) is 5.06 Å². The van der Waals surface area contributed by atoms with E-state index in [1.807, 2.05) is 45.0 Å². The van der Waals surface area contributed by atoms with Crippen LogP contribution >= 0.6 is 0 Å². The van der Waals surface area contributed by atoms with Gasteiger partial charge in [0.2, 0.25) is 0 Å². The van der Waals surface area contributed by atoms with Gasteiger partial charge in [-0.15, -0.1) is 0 Å². The molecule has 0 radical (unpaired) electrons. The van der Waals surface area contributed by atoms with E-state index in [9.17, 15) is 4.79 Å². The highest BCUT2D eigenvalue weighted by Gasteiger charge is 2.15. The molecule has 108 valence electrons. The van der Waals surface area contributed by atoms with Gasteiger partial charge in [-0.05, 0) is 50.5 Å². The Bertz CT molecular complexity index is 518. The average molecular weight is 273 g/mol. The first-order chi connectivity index (χ1) is 9.49. The van der Waals surface area contributed by atoms with E-state index >= 15 is 0 Å². The minimum absolute atomic E-state index is 0.109. The number of nitrogens with zero attached hydrogens (tertiary/aromatic N) is 1. The number of hydrogen-bond acceptors (Lipinski definition) is 2. The van der Waals surface area contributed by atoms with Crippen LogP contribution in [0.15, 0.2) is 42.5 Å². The largest absolute Gasteiger partial charge is 0.277 e. The van der Waals surface area contributed by atoms with Crippen molar-refractivity contribution >= 4 is 5.91 Å². The van der Waals surface area contributed by atoms with E-state index in [1.54, 1.807) is 6.08 Å². The fraction of sp³-hybridized carbons (Fsp3) is 0.353. The molecular formula is C17H23NO2. The Kier molecular flexibility index (Phi) is 6.19. The lowest BCUT2D eigenvalue weighted by Crippen LogP contribution is -2.31. The van der Waals surface area contributed by atoms with Gasteiger partial charge in [0.05, 0.1) is 13.7 Å². The summed E-state index contributed by atoms with van der Waals surface area (Å²) in [6.45, 7) is 10.2. The number of allylic oxidation sites excluding steroid dienone is 2. The molecule has 1 amide bonds. The van der Waals surface area contributed by atoms with Crippen LogP contribution in [-0.4, -0.2) is 24.6 Å². The molecule has 0 bridgehead atoms.